The van der Waals surface area contributed by atoms with Gasteiger partial charge in [-0.25, -0.2) is 4.79 Å². The molecule has 33 heavy (non-hydrogen) atoms. The predicted octanol–water partition coefficient (Wildman–Crippen LogP) is 2.11. The van der Waals surface area contributed by atoms with E-state index in [2.05, 4.69) is 26.8 Å². The van der Waals surface area contributed by atoms with Crippen molar-refractivity contribution in [2.45, 2.75) is 25.4 Å². The maximum atomic E-state index is 12.7. The number of likely N-dealkylation sites (N-methyl/N-ethyl adjacent to an activating group) is 1. The third-order valence-electron chi connectivity index (χ3n) is 6.69. The first-order chi connectivity index (χ1) is 15.9. The molecule has 2 aromatic rings. The van der Waals surface area contributed by atoms with Crippen LogP contribution in [0.3, 0.4) is 0 Å². The Hall–Kier alpha value is -3.04. The van der Waals surface area contributed by atoms with Gasteiger partial charge in [0.15, 0.2) is 0 Å². The van der Waals surface area contributed by atoms with Crippen molar-refractivity contribution in [2.24, 2.45) is 0 Å². The molecule has 0 saturated carbocycles. The van der Waals surface area contributed by atoms with Crippen LogP contribution < -0.4 is 0 Å². The van der Waals surface area contributed by atoms with Gasteiger partial charge in [0.2, 0.25) is 0 Å². The number of piperazine rings is 1. The fourth-order valence-electron chi connectivity index (χ4n) is 4.44. The Bertz CT molecular complexity index is 949. The van der Waals surface area contributed by atoms with Crippen molar-refractivity contribution in [3.05, 3.63) is 47.9 Å². The summed E-state index contributed by atoms with van der Waals surface area (Å²) >= 11 is 0. The van der Waals surface area contributed by atoms with Gasteiger partial charge in [-0.1, -0.05) is 12.1 Å². The van der Waals surface area contributed by atoms with Crippen molar-refractivity contribution >= 4 is 12.0 Å². The number of rotatable bonds is 5. The van der Waals surface area contributed by atoms with Gasteiger partial charge in [-0.05, 0) is 39.1 Å². The molecule has 176 valence electrons. The van der Waals surface area contributed by atoms with Crippen LogP contribution in [0.5, 0.6) is 0 Å². The molecular weight excluding hydrogens is 420 g/mol. The molecule has 0 spiro atoms. The molecule has 1 N–H and O–H groups in total. The first-order valence-corrected chi connectivity index (χ1v) is 11.5. The van der Waals surface area contributed by atoms with E-state index in [-0.39, 0.29) is 5.91 Å². The zero-order valence-corrected chi connectivity index (χ0v) is 19.4. The zero-order chi connectivity index (χ0) is 23.4. The Morgan fingerprint density at radius 2 is 1.64 bits per heavy atom. The van der Waals surface area contributed by atoms with Gasteiger partial charge in [0, 0.05) is 63.0 Å². The Balaban J connectivity index is 1.32. The van der Waals surface area contributed by atoms with Gasteiger partial charge < -0.3 is 19.8 Å². The van der Waals surface area contributed by atoms with E-state index >= 15 is 0 Å². The molecule has 0 bridgehead atoms. The van der Waals surface area contributed by atoms with Crippen molar-refractivity contribution in [1.82, 2.24) is 29.6 Å². The average molecular weight is 453 g/mol. The number of hydrogen-bond donors (Lipinski definition) is 1. The molecule has 2 fully saturated rings. The van der Waals surface area contributed by atoms with E-state index in [0.29, 0.717) is 31.2 Å². The van der Waals surface area contributed by atoms with E-state index in [1.165, 1.54) is 4.90 Å². The number of piperidine rings is 1. The molecule has 2 aliphatic heterocycles. The maximum absolute atomic E-state index is 12.7. The molecule has 2 saturated heterocycles. The number of carboxylic acid groups (broad SMARTS) is 1. The summed E-state index contributed by atoms with van der Waals surface area (Å²) in [5.74, 6) is 0.0771. The molecule has 9 heteroatoms. The van der Waals surface area contributed by atoms with Crippen LogP contribution in [-0.4, -0.2) is 106 Å². The minimum atomic E-state index is -0.839. The van der Waals surface area contributed by atoms with E-state index in [9.17, 15) is 9.59 Å². The molecule has 0 unspecified atom stereocenters. The average Bonchev–Trinajstić information content (AvgIpc) is 2.85. The van der Waals surface area contributed by atoms with Crippen LogP contribution in [-0.2, 0) is 6.54 Å². The minimum Gasteiger partial charge on any atom is -0.465 e. The van der Waals surface area contributed by atoms with Crippen LogP contribution in [0, 0.1) is 0 Å². The first kappa shape index (κ1) is 23.1. The molecule has 2 amide bonds. The highest BCUT2D eigenvalue weighted by molar-refractivity contribution is 5.94. The van der Waals surface area contributed by atoms with Crippen LogP contribution in [0.1, 0.15) is 28.9 Å². The normalized spacial score (nSPS) is 18.0. The van der Waals surface area contributed by atoms with Crippen LogP contribution in [0.4, 0.5) is 4.79 Å². The van der Waals surface area contributed by atoms with Crippen molar-refractivity contribution in [3.63, 3.8) is 0 Å². The molecule has 0 radical (unpaired) electrons. The number of carbonyl (C=O) groups is 2. The molecular formula is C24H32N6O3. The number of amides is 2. The summed E-state index contributed by atoms with van der Waals surface area (Å²) < 4.78 is 0. The SMILES string of the molecule is CN1CCN(C(=O)c2ccc(-c3cnc(CN(C)C4CCN(C(=O)O)CC4)cn3)cc2)CC1. The van der Waals surface area contributed by atoms with E-state index < -0.39 is 6.09 Å². The van der Waals surface area contributed by atoms with E-state index in [4.69, 9.17) is 5.11 Å². The summed E-state index contributed by atoms with van der Waals surface area (Å²) in [5, 5.41) is 9.10. The van der Waals surface area contributed by atoms with Gasteiger partial charge >= 0.3 is 6.09 Å². The van der Waals surface area contributed by atoms with E-state index in [1.54, 1.807) is 12.4 Å². The lowest BCUT2D eigenvalue weighted by atomic mass is 10.0. The summed E-state index contributed by atoms with van der Waals surface area (Å²) in [6.07, 6.45) is 4.38. The highest BCUT2D eigenvalue weighted by Crippen LogP contribution is 2.20. The van der Waals surface area contributed by atoms with E-state index in [1.807, 2.05) is 36.2 Å². The van der Waals surface area contributed by atoms with Crippen LogP contribution in [0.2, 0.25) is 0 Å². The molecule has 0 aliphatic carbocycles. The summed E-state index contributed by atoms with van der Waals surface area (Å²) in [6.45, 7) is 5.15. The van der Waals surface area contributed by atoms with Crippen LogP contribution >= 0.6 is 0 Å². The van der Waals surface area contributed by atoms with Gasteiger partial charge in [-0.3, -0.25) is 19.7 Å². The number of benzene rings is 1. The molecule has 0 atom stereocenters. The lowest BCUT2D eigenvalue weighted by Crippen LogP contribution is -2.47. The van der Waals surface area contributed by atoms with Crippen molar-refractivity contribution in [1.29, 1.82) is 0 Å². The standard InChI is InChI=1S/C24H32N6O3/c1-27-11-13-29(14-12-27)23(31)19-5-3-18(4-6-19)22-16-25-20(15-26-22)17-28(2)21-7-9-30(10-8-21)24(32)33/h3-6,15-16,21H,7-14,17H2,1-2H3,(H,32,33). The van der Waals surface area contributed by atoms with E-state index in [0.717, 1.165) is 56.0 Å². The second-order valence-corrected chi connectivity index (χ2v) is 8.98. The minimum absolute atomic E-state index is 0.0771. The Kier molecular flexibility index (Phi) is 7.20. The number of aromatic nitrogens is 2. The predicted molar refractivity (Wildman–Crippen MR) is 125 cm³/mol. The third-order valence-corrected chi connectivity index (χ3v) is 6.69. The summed E-state index contributed by atoms with van der Waals surface area (Å²) in [5.41, 5.74) is 3.28. The van der Waals surface area contributed by atoms with Crippen molar-refractivity contribution < 1.29 is 14.7 Å². The molecule has 9 nitrogen and oxygen atoms in total. The van der Waals surface area contributed by atoms with Crippen LogP contribution in [0.25, 0.3) is 11.3 Å². The Morgan fingerprint density at radius 3 is 2.21 bits per heavy atom. The van der Waals surface area contributed by atoms with Crippen molar-refractivity contribution in [2.75, 3.05) is 53.4 Å². The lowest BCUT2D eigenvalue weighted by Gasteiger charge is -2.35. The molecule has 2 aliphatic rings. The van der Waals surface area contributed by atoms with Crippen LogP contribution in [0.15, 0.2) is 36.7 Å². The summed E-state index contributed by atoms with van der Waals surface area (Å²) in [7, 11) is 4.12. The monoisotopic (exact) mass is 452 g/mol. The molecule has 3 heterocycles. The molecule has 1 aromatic carbocycles. The number of likely N-dealkylation sites (tertiary alicyclic amines) is 1. The smallest absolute Gasteiger partial charge is 0.407 e. The second-order valence-electron chi connectivity index (χ2n) is 8.98. The quantitative estimate of drug-likeness (QED) is 0.743. The first-order valence-electron chi connectivity index (χ1n) is 11.5. The fourth-order valence-corrected chi connectivity index (χ4v) is 4.44. The van der Waals surface area contributed by atoms with Gasteiger partial charge in [0.1, 0.15) is 0 Å². The zero-order valence-electron chi connectivity index (χ0n) is 19.4. The maximum Gasteiger partial charge on any atom is 0.407 e. The summed E-state index contributed by atoms with van der Waals surface area (Å²) in [6, 6.07) is 7.92. The topological polar surface area (TPSA) is 93.1 Å². The fraction of sp³-hybridized carbons (Fsp3) is 0.500. The number of nitrogens with zero attached hydrogens (tertiary/aromatic N) is 6. The third kappa shape index (κ3) is 5.66. The second kappa shape index (κ2) is 10.3. The lowest BCUT2D eigenvalue weighted by molar-refractivity contribution is 0.0664. The Labute approximate surface area is 194 Å². The number of hydrogen-bond acceptors (Lipinski definition) is 6. The van der Waals surface area contributed by atoms with Gasteiger partial charge in [0.05, 0.1) is 23.8 Å². The highest BCUT2D eigenvalue weighted by Gasteiger charge is 2.25. The number of carbonyl (C=O) groups excluding carboxylic acids is 1. The molecule has 1 aromatic heterocycles. The van der Waals surface area contributed by atoms with Crippen molar-refractivity contribution in [3.8, 4) is 11.3 Å². The summed E-state index contributed by atoms with van der Waals surface area (Å²) in [4.78, 5) is 40.8. The van der Waals surface area contributed by atoms with Gasteiger partial charge in [-0.15, -0.1) is 0 Å². The van der Waals surface area contributed by atoms with Gasteiger partial charge in [0.25, 0.3) is 5.91 Å². The van der Waals surface area contributed by atoms with Gasteiger partial charge in [-0.2, -0.15) is 0 Å². The Morgan fingerprint density at radius 1 is 0.970 bits per heavy atom. The highest BCUT2D eigenvalue weighted by atomic mass is 16.4. The largest absolute Gasteiger partial charge is 0.465 e. The molecule has 4 rings (SSSR count).